The topological polar surface area (TPSA) is 12.0 Å². The van der Waals surface area contributed by atoms with Crippen LogP contribution in [-0.2, 0) is 0 Å². The van der Waals surface area contributed by atoms with Crippen molar-refractivity contribution in [2.24, 2.45) is 10.8 Å². The molecule has 0 aromatic carbocycles. The van der Waals surface area contributed by atoms with Crippen LogP contribution in [0.3, 0.4) is 0 Å². The summed E-state index contributed by atoms with van der Waals surface area (Å²) in [6.07, 6.45) is 8.66. The van der Waals surface area contributed by atoms with Crippen LogP contribution in [0.25, 0.3) is 0 Å². The fourth-order valence-electron chi connectivity index (χ4n) is 3.54. The van der Waals surface area contributed by atoms with Gasteiger partial charge >= 0.3 is 0 Å². The zero-order valence-electron chi connectivity index (χ0n) is 10.0. The van der Waals surface area contributed by atoms with Crippen LogP contribution >= 0.6 is 0 Å². The minimum Gasteiger partial charge on any atom is -0.313 e. The van der Waals surface area contributed by atoms with Crippen molar-refractivity contribution in [2.75, 3.05) is 6.54 Å². The van der Waals surface area contributed by atoms with Gasteiger partial charge in [-0.05, 0) is 49.5 Å². The second-order valence-electron chi connectivity index (χ2n) is 6.60. The van der Waals surface area contributed by atoms with Gasteiger partial charge in [0.15, 0.2) is 0 Å². The van der Waals surface area contributed by atoms with E-state index < -0.39 is 0 Å². The lowest BCUT2D eigenvalue weighted by Crippen LogP contribution is -2.48. The summed E-state index contributed by atoms with van der Waals surface area (Å²) in [5.41, 5.74) is 1.18. The highest BCUT2D eigenvalue weighted by atomic mass is 15.0. The molecule has 0 radical (unpaired) electrons. The maximum Gasteiger partial charge on any atom is 0.0124 e. The van der Waals surface area contributed by atoms with Crippen molar-refractivity contribution in [2.45, 2.75) is 65.3 Å². The molecule has 1 N–H and O–H groups in total. The molecule has 1 saturated carbocycles. The molecule has 0 bridgehead atoms. The molecule has 2 fully saturated rings. The first-order valence-corrected chi connectivity index (χ1v) is 6.25. The minimum absolute atomic E-state index is 0.505. The average Bonchev–Trinajstić information content (AvgIpc) is 2.46. The third-order valence-electron chi connectivity index (χ3n) is 4.03. The Morgan fingerprint density at radius 3 is 2.29 bits per heavy atom. The Kier molecular flexibility index (Phi) is 2.63. The lowest BCUT2D eigenvalue weighted by molar-refractivity contribution is 0.0327. The fraction of sp³-hybridized carbons (Fsp3) is 1.00. The Bertz CT molecular complexity index is 192. The lowest BCUT2D eigenvalue weighted by Gasteiger charge is -2.50. The Morgan fingerprint density at radius 1 is 1.21 bits per heavy atom. The normalized spacial score (nSPS) is 31.5. The van der Waals surface area contributed by atoms with E-state index in [-0.39, 0.29) is 0 Å². The summed E-state index contributed by atoms with van der Waals surface area (Å²) in [5, 5.41) is 3.72. The maximum atomic E-state index is 3.72. The summed E-state index contributed by atoms with van der Waals surface area (Å²) >= 11 is 0. The van der Waals surface area contributed by atoms with Crippen molar-refractivity contribution >= 4 is 0 Å². The van der Waals surface area contributed by atoms with E-state index in [1.165, 1.54) is 45.1 Å². The highest BCUT2D eigenvalue weighted by Crippen LogP contribution is 2.52. The largest absolute Gasteiger partial charge is 0.313 e. The predicted molar refractivity (Wildman–Crippen MR) is 61.4 cm³/mol. The molecule has 1 saturated heterocycles. The Morgan fingerprint density at radius 2 is 1.93 bits per heavy atom. The molecule has 2 aliphatic rings. The molecule has 0 amide bonds. The number of hydrogen-bond donors (Lipinski definition) is 1. The van der Waals surface area contributed by atoms with Crippen LogP contribution in [0.15, 0.2) is 0 Å². The van der Waals surface area contributed by atoms with E-state index in [0.717, 1.165) is 6.04 Å². The van der Waals surface area contributed by atoms with Gasteiger partial charge in [0.25, 0.3) is 0 Å². The van der Waals surface area contributed by atoms with Crippen molar-refractivity contribution in [3.05, 3.63) is 0 Å². The van der Waals surface area contributed by atoms with Crippen LogP contribution in [-0.4, -0.2) is 12.6 Å². The maximum absolute atomic E-state index is 3.72. The summed E-state index contributed by atoms with van der Waals surface area (Å²) in [6.45, 7) is 8.43. The van der Waals surface area contributed by atoms with E-state index in [1.807, 2.05) is 0 Å². The van der Waals surface area contributed by atoms with Gasteiger partial charge in [0, 0.05) is 6.04 Å². The van der Waals surface area contributed by atoms with E-state index in [0.29, 0.717) is 10.8 Å². The second kappa shape index (κ2) is 3.52. The number of nitrogens with one attached hydrogen (secondary N) is 1. The van der Waals surface area contributed by atoms with E-state index in [4.69, 9.17) is 0 Å². The van der Waals surface area contributed by atoms with E-state index >= 15 is 0 Å². The first-order valence-electron chi connectivity index (χ1n) is 6.25. The molecule has 1 heterocycles. The lowest BCUT2D eigenvalue weighted by atomic mass is 9.57. The van der Waals surface area contributed by atoms with Crippen LogP contribution in [0.5, 0.6) is 0 Å². The molecule has 0 aromatic rings. The second-order valence-corrected chi connectivity index (χ2v) is 6.60. The zero-order chi connectivity index (χ0) is 10.2. The molecule has 1 aliphatic carbocycles. The summed E-state index contributed by atoms with van der Waals surface area (Å²) in [7, 11) is 0. The quantitative estimate of drug-likeness (QED) is 0.712. The molecular weight excluding hydrogens is 170 g/mol. The van der Waals surface area contributed by atoms with Gasteiger partial charge < -0.3 is 5.32 Å². The van der Waals surface area contributed by atoms with Crippen molar-refractivity contribution in [1.29, 1.82) is 0 Å². The summed E-state index contributed by atoms with van der Waals surface area (Å²) in [6, 6.07) is 0.843. The van der Waals surface area contributed by atoms with Gasteiger partial charge in [-0.2, -0.15) is 0 Å². The van der Waals surface area contributed by atoms with Gasteiger partial charge in [-0.25, -0.2) is 0 Å². The number of rotatable bonds is 2. The zero-order valence-corrected chi connectivity index (χ0v) is 10.0. The molecule has 2 rings (SSSR count). The van der Waals surface area contributed by atoms with Crippen molar-refractivity contribution < 1.29 is 0 Å². The molecule has 0 spiro atoms. The van der Waals surface area contributed by atoms with Crippen LogP contribution in [0.4, 0.5) is 0 Å². The first-order chi connectivity index (χ1) is 6.52. The predicted octanol–water partition coefficient (Wildman–Crippen LogP) is 3.34. The van der Waals surface area contributed by atoms with E-state index in [9.17, 15) is 0 Å². The molecule has 14 heavy (non-hydrogen) atoms. The Labute approximate surface area is 88.7 Å². The van der Waals surface area contributed by atoms with Crippen molar-refractivity contribution in [3.8, 4) is 0 Å². The van der Waals surface area contributed by atoms with Gasteiger partial charge in [0.1, 0.15) is 0 Å². The van der Waals surface area contributed by atoms with Gasteiger partial charge in [-0.1, -0.05) is 27.2 Å². The SMILES string of the molecule is CC(C)(C)CC1(C2CCCN2)CCC1. The fourth-order valence-corrected chi connectivity index (χ4v) is 3.54. The van der Waals surface area contributed by atoms with Crippen molar-refractivity contribution in [1.82, 2.24) is 5.32 Å². The molecule has 1 nitrogen and oxygen atoms in total. The van der Waals surface area contributed by atoms with Crippen molar-refractivity contribution in [3.63, 3.8) is 0 Å². The Balaban J connectivity index is 2.01. The summed E-state index contributed by atoms with van der Waals surface area (Å²) < 4.78 is 0. The Hall–Kier alpha value is -0.0400. The highest BCUT2D eigenvalue weighted by Gasteiger charge is 2.46. The molecule has 1 heteroatoms. The summed E-state index contributed by atoms with van der Waals surface area (Å²) in [5.74, 6) is 0. The third-order valence-corrected chi connectivity index (χ3v) is 4.03. The molecule has 1 unspecified atom stereocenters. The van der Waals surface area contributed by atoms with Crippen LogP contribution < -0.4 is 5.32 Å². The van der Waals surface area contributed by atoms with E-state index in [2.05, 4.69) is 26.1 Å². The van der Waals surface area contributed by atoms with Crippen LogP contribution in [0.2, 0.25) is 0 Å². The highest BCUT2D eigenvalue weighted by molar-refractivity contribution is 5.01. The van der Waals surface area contributed by atoms with Gasteiger partial charge in [0.2, 0.25) is 0 Å². The number of hydrogen-bond acceptors (Lipinski definition) is 1. The molecular formula is C13H25N. The molecule has 1 atom stereocenters. The summed E-state index contributed by atoms with van der Waals surface area (Å²) in [4.78, 5) is 0. The third kappa shape index (κ3) is 1.98. The molecule has 0 aromatic heterocycles. The minimum atomic E-state index is 0.505. The standard InChI is InChI=1S/C13H25N/c1-12(2,3)10-13(7-5-8-13)11-6-4-9-14-11/h11,14H,4-10H2,1-3H3. The monoisotopic (exact) mass is 195 g/mol. The van der Waals surface area contributed by atoms with Gasteiger partial charge in [-0.15, -0.1) is 0 Å². The average molecular weight is 195 g/mol. The molecule has 82 valence electrons. The van der Waals surface area contributed by atoms with Gasteiger partial charge in [0.05, 0.1) is 0 Å². The smallest absolute Gasteiger partial charge is 0.0124 e. The first kappa shape index (κ1) is 10.5. The molecule has 1 aliphatic heterocycles. The van der Waals surface area contributed by atoms with Crippen LogP contribution in [0, 0.1) is 10.8 Å². The van der Waals surface area contributed by atoms with Crippen LogP contribution in [0.1, 0.15) is 59.3 Å². The van der Waals surface area contributed by atoms with E-state index in [1.54, 1.807) is 0 Å². The van der Waals surface area contributed by atoms with Gasteiger partial charge in [-0.3, -0.25) is 0 Å².